The maximum Gasteiger partial charge on any atom is 0.350 e. The summed E-state index contributed by atoms with van der Waals surface area (Å²) in [7, 11) is 0. The number of thiazole rings is 1. The number of hydrogen-bond acceptors (Lipinski definition) is 6. The molecule has 0 aliphatic carbocycles. The molecule has 1 heterocycles. The summed E-state index contributed by atoms with van der Waals surface area (Å²) < 4.78 is 18.1. The average Bonchev–Trinajstić information content (AvgIpc) is 3.10. The Morgan fingerprint density at radius 2 is 1.86 bits per heavy atom. The van der Waals surface area contributed by atoms with Crippen molar-refractivity contribution in [2.45, 2.75) is 13.3 Å². The third kappa shape index (κ3) is 5.24. The van der Waals surface area contributed by atoms with Gasteiger partial charge in [-0.3, -0.25) is 4.79 Å². The van der Waals surface area contributed by atoms with Gasteiger partial charge in [0.1, 0.15) is 15.7 Å². The standard InChI is InChI=1S/C21H16FN3O3S/c1-13-19(29-20(24-13)15-4-6-16(22)7-5-15)21(27)28-12-18(26)25-17-8-2-14(3-9-17)10-11-23/h2-9H,10,12H2,1H3,(H,25,26). The molecule has 1 aromatic heterocycles. The molecular weight excluding hydrogens is 393 g/mol. The van der Waals surface area contributed by atoms with Crippen LogP contribution in [0.3, 0.4) is 0 Å². The largest absolute Gasteiger partial charge is 0.451 e. The number of anilines is 1. The monoisotopic (exact) mass is 409 g/mol. The normalized spacial score (nSPS) is 10.2. The van der Waals surface area contributed by atoms with Crippen molar-refractivity contribution in [1.82, 2.24) is 4.98 Å². The van der Waals surface area contributed by atoms with E-state index < -0.39 is 18.5 Å². The van der Waals surface area contributed by atoms with Gasteiger partial charge in [0.05, 0.1) is 18.2 Å². The van der Waals surface area contributed by atoms with Crippen molar-refractivity contribution in [2.24, 2.45) is 0 Å². The fourth-order valence-electron chi connectivity index (χ4n) is 2.49. The van der Waals surface area contributed by atoms with Gasteiger partial charge in [-0.05, 0) is 48.9 Å². The van der Waals surface area contributed by atoms with Gasteiger partial charge in [0.2, 0.25) is 0 Å². The molecule has 2 aromatic carbocycles. The van der Waals surface area contributed by atoms with E-state index in [-0.39, 0.29) is 10.7 Å². The Hall–Kier alpha value is -3.57. The van der Waals surface area contributed by atoms with Gasteiger partial charge in [-0.25, -0.2) is 14.2 Å². The van der Waals surface area contributed by atoms with Gasteiger partial charge in [0.15, 0.2) is 6.61 Å². The number of hydrogen-bond donors (Lipinski definition) is 1. The summed E-state index contributed by atoms with van der Waals surface area (Å²) >= 11 is 1.12. The van der Waals surface area contributed by atoms with E-state index in [2.05, 4.69) is 10.3 Å². The van der Waals surface area contributed by atoms with Gasteiger partial charge in [-0.15, -0.1) is 11.3 Å². The highest BCUT2D eigenvalue weighted by atomic mass is 32.1. The summed E-state index contributed by atoms with van der Waals surface area (Å²) in [5, 5.41) is 11.8. The zero-order valence-electron chi connectivity index (χ0n) is 15.4. The highest BCUT2D eigenvalue weighted by Gasteiger charge is 2.18. The minimum atomic E-state index is -0.645. The SMILES string of the molecule is Cc1nc(-c2ccc(F)cc2)sc1C(=O)OCC(=O)Nc1ccc(CC#N)cc1. The van der Waals surface area contributed by atoms with E-state index in [1.165, 1.54) is 12.1 Å². The van der Waals surface area contributed by atoms with E-state index >= 15 is 0 Å². The number of rotatable bonds is 6. The fourth-order valence-corrected chi connectivity index (χ4v) is 3.46. The molecule has 0 fully saturated rings. The number of amides is 1. The smallest absolute Gasteiger partial charge is 0.350 e. The van der Waals surface area contributed by atoms with Crippen molar-refractivity contribution in [2.75, 3.05) is 11.9 Å². The van der Waals surface area contributed by atoms with E-state index in [1.807, 2.05) is 6.07 Å². The highest BCUT2D eigenvalue weighted by molar-refractivity contribution is 7.17. The molecular formula is C21H16FN3O3S. The number of halogens is 1. The maximum atomic E-state index is 13.1. The van der Waals surface area contributed by atoms with Crippen LogP contribution in [0.4, 0.5) is 10.1 Å². The Bertz CT molecular complexity index is 1070. The van der Waals surface area contributed by atoms with Gasteiger partial charge >= 0.3 is 5.97 Å². The molecule has 1 N–H and O–H groups in total. The fraction of sp³-hybridized carbons (Fsp3) is 0.143. The van der Waals surface area contributed by atoms with Crippen molar-refractivity contribution in [3.05, 3.63) is 70.5 Å². The Morgan fingerprint density at radius 1 is 1.17 bits per heavy atom. The number of carbonyl (C=O) groups excluding carboxylic acids is 2. The highest BCUT2D eigenvalue weighted by Crippen LogP contribution is 2.28. The van der Waals surface area contributed by atoms with E-state index in [0.29, 0.717) is 28.4 Å². The zero-order chi connectivity index (χ0) is 20.8. The molecule has 0 unspecified atom stereocenters. The number of aromatic nitrogens is 1. The van der Waals surface area contributed by atoms with Crippen molar-refractivity contribution in [3.8, 4) is 16.6 Å². The number of ether oxygens (including phenoxy) is 1. The van der Waals surface area contributed by atoms with E-state index in [4.69, 9.17) is 10.00 Å². The molecule has 0 aliphatic heterocycles. The summed E-state index contributed by atoms with van der Waals surface area (Å²) in [5.74, 6) is -1.48. The second-order valence-corrected chi connectivity index (χ2v) is 7.10. The number of benzene rings is 2. The van der Waals surface area contributed by atoms with Gasteiger partial charge < -0.3 is 10.1 Å². The molecule has 3 rings (SSSR count). The van der Waals surface area contributed by atoms with Crippen LogP contribution < -0.4 is 5.32 Å². The van der Waals surface area contributed by atoms with Crippen LogP contribution in [0.5, 0.6) is 0 Å². The topological polar surface area (TPSA) is 92.1 Å². The van der Waals surface area contributed by atoms with Crippen molar-refractivity contribution in [1.29, 1.82) is 5.26 Å². The van der Waals surface area contributed by atoms with Crippen LogP contribution in [0.1, 0.15) is 20.9 Å². The number of carbonyl (C=O) groups is 2. The predicted molar refractivity (Wildman–Crippen MR) is 107 cm³/mol. The third-order valence-electron chi connectivity index (χ3n) is 3.93. The Balaban J connectivity index is 1.58. The first-order valence-electron chi connectivity index (χ1n) is 8.62. The van der Waals surface area contributed by atoms with Crippen molar-refractivity contribution < 1.29 is 18.7 Å². The number of nitrogens with one attached hydrogen (secondary N) is 1. The lowest BCUT2D eigenvalue weighted by Gasteiger charge is -2.06. The van der Waals surface area contributed by atoms with E-state index in [1.54, 1.807) is 43.3 Å². The lowest BCUT2D eigenvalue weighted by Crippen LogP contribution is -2.20. The molecule has 0 atom stereocenters. The van der Waals surface area contributed by atoms with Gasteiger partial charge in [-0.2, -0.15) is 5.26 Å². The van der Waals surface area contributed by atoms with Gasteiger partial charge in [-0.1, -0.05) is 12.1 Å². The number of nitriles is 1. The summed E-state index contributed by atoms with van der Waals surface area (Å²) in [6, 6.07) is 14.7. The molecule has 0 saturated carbocycles. The first-order chi connectivity index (χ1) is 14.0. The number of nitrogens with zero attached hydrogens (tertiary/aromatic N) is 2. The maximum absolute atomic E-state index is 13.1. The first-order valence-corrected chi connectivity index (χ1v) is 9.44. The van der Waals surface area contributed by atoms with Gasteiger partial charge in [0, 0.05) is 11.3 Å². The Kier molecular flexibility index (Phi) is 6.32. The summed E-state index contributed by atoms with van der Waals surface area (Å²) in [5.41, 5.74) is 2.55. The third-order valence-corrected chi connectivity index (χ3v) is 5.11. The van der Waals surface area contributed by atoms with E-state index in [0.717, 1.165) is 16.9 Å². The Morgan fingerprint density at radius 3 is 2.52 bits per heavy atom. The molecule has 0 aliphatic rings. The van der Waals surface area contributed by atoms with Crippen molar-refractivity contribution in [3.63, 3.8) is 0 Å². The predicted octanol–water partition coefficient (Wildman–Crippen LogP) is 4.12. The van der Waals surface area contributed by atoms with Crippen LogP contribution in [0.25, 0.3) is 10.6 Å². The molecule has 0 saturated heterocycles. The lowest BCUT2D eigenvalue weighted by atomic mass is 10.1. The van der Waals surface area contributed by atoms with Crippen molar-refractivity contribution >= 4 is 28.9 Å². The molecule has 0 radical (unpaired) electrons. The first kappa shape index (κ1) is 20.2. The Labute approximate surface area is 170 Å². The number of esters is 1. The van der Waals surface area contributed by atoms with Gasteiger partial charge in [0.25, 0.3) is 5.91 Å². The average molecular weight is 409 g/mol. The summed E-state index contributed by atoms with van der Waals surface area (Å²) in [4.78, 5) is 28.9. The van der Waals surface area contributed by atoms with Crippen LogP contribution in [-0.2, 0) is 16.0 Å². The second-order valence-electron chi connectivity index (χ2n) is 6.10. The second kappa shape index (κ2) is 9.08. The zero-order valence-corrected chi connectivity index (χ0v) is 16.3. The van der Waals surface area contributed by atoms with E-state index in [9.17, 15) is 14.0 Å². The lowest BCUT2D eigenvalue weighted by molar-refractivity contribution is -0.119. The van der Waals surface area contributed by atoms with Crippen LogP contribution >= 0.6 is 11.3 Å². The van der Waals surface area contributed by atoms with Crippen LogP contribution in [0, 0.1) is 24.1 Å². The molecule has 6 nitrogen and oxygen atoms in total. The molecule has 1 amide bonds. The van der Waals surface area contributed by atoms with Crippen LogP contribution in [0.15, 0.2) is 48.5 Å². The minimum absolute atomic E-state index is 0.290. The molecule has 0 bridgehead atoms. The summed E-state index contributed by atoms with van der Waals surface area (Å²) in [6.45, 7) is 1.23. The molecule has 146 valence electrons. The van der Waals surface area contributed by atoms with Crippen LogP contribution in [0.2, 0.25) is 0 Å². The molecule has 0 spiro atoms. The molecule has 29 heavy (non-hydrogen) atoms. The summed E-state index contributed by atoms with van der Waals surface area (Å²) in [6.07, 6.45) is 0.292. The molecule has 3 aromatic rings. The molecule has 8 heteroatoms. The number of aryl methyl sites for hydroxylation is 1. The quantitative estimate of drug-likeness (QED) is 0.619. The minimum Gasteiger partial charge on any atom is -0.451 e. The van der Waals surface area contributed by atoms with Crippen LogP contribution in [-0.4, -0.2) is 23.5 Å².